The molecule has 1 atom stereocenters. The summed E-state index contributed by atoms with van der Waals surface area (Å²) in [5.41, 5.74) is 0. The van der Waals surface area contributed by atoms with Crippen molar-refractivity contribution >= 4 is 0 Å². The Kier molecular flexibility index (Phi) is 27.7. The smallest absolute Gasteiger partial charge is 0.104 e. The van der Waals surface area contributed by atoms with E-state index >= 15 is 0 Å². The molecule has 0 saturated carbocycles. The van der Waals surface area contributed by atoms with Crippen LogP contribution in [0.2, 0.25) is 0 Å². The summed E-state index contributed by atoms with van der Waals surface area (Å²) in [5.74, 6) is 0. The van der Waals surface area contributed by atoms with Gasteiger partial charge in [0.15, 0.2) is 0 Å². The highest BCUT2D eigenvalue weighted by Crippen LogP contribution is 2.13. The predicted molar refractivity (Wildman–Crippen MR) is 155 cm³/mol. The van der Waals surface area contributed by atoms with Crippen LogP contribution < -0.4 is 0 Å². The van der Waals surface area contributed by atoms with Crippen LogP contribution in [-0.4, -0.2) is 84.5 Å². The van der Waals surface area contributed by atoms with Crippen LogP contribution in [0.1, 0.15) is 123 Å². The van der Waals surface area contributed by atoms with Gasteiger partial charge in [0, 0.05) is 13.2 Å². The summed E-state index contributed by atoms with van der Waals surface area (Å²) in [5, 5.41) is 0. The van der Waals surface area contributed by atoms with Crippen molar-refractivity contribution in [1.29, 1.82) is 0 Å². The molecule has 36 heavy (non-hydrogen) atoms. The topological polar surface area (TPSA) is 36.9 Å². The van der Waals surface area contributed by atoms with Gasteiger partial charge in [-0.05, 0) is 12.8 Å². The Hall–Kier alpha value is -0.200. The zero-order valence-corrected chi connectivity index (χ0v) is 25.3. The highest BCUT2D eigenvalue weighted by Gasteiger charge is 2.10. The van der Waals surface area contributed by atoms with Crippen LogP contribution in [0.15, 0.2) is 0 Å². The minimum atomic E-state index is 0.0252. The van der Waals surface area contributed by atoms with E-state index in [1.807, 2.05) is 0 Å². The molecule has 0 heterocycles. The molecule has 0 aliphatic carbocycles. The van der Waals surface area contributed by atoms with Crippen molar-refractivity contribution in [3.8, 4) is 0 Å². The molecule has 0 spiro atoms. The van der Waals surface area contributed by atoms with Gasteiger partial charge in [-0.3, -0.25) is 0 Å². The molecule has 5 nitrogen and oxygen atoms in total. The summed E-state index contributed by atoms with van der Waals surface area (Å²) in [6.07, 6.45) is 23.4. The maximum Gasteiger partial charge on any atom is 0.104 e. The first-order valence-corrected chi connectivity index (χ1v) is 15.6. The molecule has 0 N–H and O–H groups in total. The molecule has 0 bridgehead atoms. The second-order valence-electron chi connectivity index (χ2n) is 11.6. The summed E-state index contributed by atoms with van der Waals surface area (Å²) in [4.78, 5) is 0. The fourth-order valence-electron chi connectivity index (χ4n) is 4.17. The van der Waals surface area contributed by atoms with Crippen LogP contribution in [0.4, 0.5) is 0 Å². The highest BCUT2D eigenvalue weighted by molar-refractivity contribution is 4.56. The van der Waals surface area contributed by atoms with Gasteiger partial charge in [0.2, 0.25) is 0 Å². The number of hydrogen-bond donors (Lipinski definition) is 0. The van der Waals surface area contributed by atoms with E-state index in [0.717, 1.165) is 43.7 Å². The van der Waals surface area contributed by atoms with E-state index in [2.05, 4.69) is 35.0 Å². The lowest BCUT2D eigenvalue weighted by Gasteiger charge is -2.23. The van der Waals surface area contributed by atoms with E-state index in [9.17, 15) is 0 Å². The van der Waals surface area contributed by atoms with Crippen molar-refractivity contribution < 1.29 is 23.4 Å². The molecule has 218 valence electrons. The average Bonchev–Trinajstić information content (AvgIpc) is 2.84. The van der Waals surface area contributed by atoms with Crippen LogP contribution in [0.25, 0.3) is 0 Å². The standard InChI is InChI=1S/C31H66NO4/c1-6-8-9-10-11-12-13-14-15-16-17-18-19-20-21-22-25-34-29-31(36-24-7-2)30-35-28-27-33-26-23-32(3,4)5/h31H,6-30H2,1-5H3/q+1. The Labute approximate surface area is 226 Å². The quantitative estimate of drug-likeness (QED) is 0.0721. The maximum atomic E-state index is 5.91. The van der Waals surface area contributed by atoms with E-state index in [4.69, 9.17) is 18.9 Å². The number of likely N-dealkylation sites (N-methyl/N-ethyl adjacent to an activating group) is 1. The molecular weight excluding hydrogens is 450 g/mol. The number of ether oxygens (including phenoxy) is 4. The second kappa shape index (κ2) is 27.8. The van der Waals surface area contributed by atoms with E-state index in [1.54, 1.807) is 0 Å². The molecular formula is C31H66NO4+. The first-order chi connectivity index (χ1) is 17.5. The Morgan fingerprint density at radius 3 is 1.36 bits per heavy atom. The van der Waals surface area contributed by atoms with Crippen molar-refractivity contribution in [1.82, 2.24) is 0 Å². The zero-order chi connectivity index (χ0) is 26.6. The predicted octanol–water partition coefficient (Wildman–Crippen LogP) is 7.80. The molecule has 0 saturated heterocycles. The molecule has 0 aliphatic heterocycles. The Bertz CT molecular complexity index is 414. The fourth-order valence-corrected chi connectivity index (χ4v) is 4.17. The van der Waals surface area contributed by atoms with E-state index in [1.165, 1.54) is 96.3 Å². The third-order valence-electron chi connectivity index (χ3n) is 6.59. The second-order valence-corrected chi connectivity index (χ2v) is 11.6. The minimum absolute atomic E-state index is 0.0252. The molecule has 0 aromatic heterocycles. The molecule has 0 rings (SSSR count). The van der Waals surface area contributed by atoms with Gasteiger partial charge in [-0.1, -0.05) is 110 Å². The molecule has 0 aromatic carbocycles. The van der Waals surface area contributed by atoms with Crippen LogP contribution in [0.3, 0.4) is 0 Å². The number of hydrogen-bond acceptors (Lipinski definition) is 4. The summed E-state index contributed by atoms with van der Waals surface area (Å²) in [6.45, 7) is 10.3. The summed E-state index contributed by atoms with van der Waals surface area (Å²) < 4.78 is 24.2. The van der Waals surface area contributed by atoms with Gasteiger partial charge in [-0.25, -0.2) is 0 Å². The minimum Gasteiger partial charge on any atom is -0.379 e. The maximum absolute atomic E-state index is 5.91. The SMILES string of the molecule is CCCCCCCCCCCCCCCCCCOCC(COCCOCC[N+](C)(C)C)OCCC. The van der Waals surface area contributed by atoms with Crippen molar-refractivity contribution in [3.63, 3.8) is 0 Å². The molecule has 0 fully saturated rings. The third kappa shape index (κ3) is 30.0. The average molecular weight is 517 g/mol. The monoisotopic (exact) mass is 516 g/mol. The summed E-state index contributed by atoms with van der Waals surface area (Å²) in [6, 6.07) is 0. The Balaban J connectivity index is 3.46. The molecule has 0 aromatic rings. The van der Waals surface area contributed by atoms with Crippen LogP contribution in [0.5, 0.6) is 0 Å². The zero-order valence-electron chi connectivity index (χ0n) is 25.3. The first kappa shape index (κ1) is 35.8. The fraction of sp³-hybridized carbons (Fsp3) is 1.00. The van der Waals surface area contributed by atoms with Gasteiger partial charge in [0.25, 0.3) is 0 Å². The normalized spacial score (nSPS) is 12.9. The van der Waals surface area contributed by atoms with Crippen LogP contribution in [0, 0.1) is 0 Å². The van der Waals surface area contributed by atoms with Crippen LogP contribution >= 0.6 is 0 Å². The molecule has 5 heteroatoms. The number of nitrogens with zero attached hydrogens (tertiary/aromatic N) is 1. The van der Waals surface area contributed by atoms with Gasteiger partial charge in [-0.15, -0.1) is 0 Å². The van der Waals surface area contributed by atoms with Crippen molar-refractivity contribution in [2.24, 2.45) is 0 Å². The van der Waals surface area contributed by atoms with Crippen LogP contribution in [-0.2, 0) is 18.9 Å². The van der Waals surface area contributed by atoms with Crippen molar-refractivity contribution in [2.75, 3.05) is 73.9 Å². The number of rotatable bonds is 30. The van der Waals surface area contributed by atoms with Gasteiger partial charge in [-0.2, -0.15) is 0 Å². The van der Waals surface area contributed by atoms with Crippen molar-refractivity contribution in [2.45, 2.75) is 129 Å². The van der Waals surface area contributed by atoms with Gasteiger partial charge < -0.3 is 23.4 Å². The molecule has 0 radical (unpaired) electrons. The Morgan fingerprint density at radius 2 is 0.889 bits per heavy atom. The Morgan fingerprint density at radius 1 is 0.444 bits per heavy atom. The van der Waals surface area contributed by atoms with Gasteiger partial charge in [0.1, 0.15) is 12.6 Å². The lowest BCUT2D eigenvalue weighted by molar-refractivity contribution is -0.870. The summed E-state index contributed by atoms with van der Waals surface area (Å²) >= 11 is 0. The summed E-state index contributed by atoms with van der Waals surface area (Å²) in [7, 11) is 6.53. The third-order valence-corrected chi connectivity index (χ3v) is 6.59. The molecule has 0 aliphatic rings. The highest BCUT2D eigenvalue weighted by atomic mass is 16.6. The van der Waals surface area contributed by atoms with E-state index < -0.39 is 0 Å². The lowest BCUT2D eigenvalue weighted by Crippen LogP contribution is -2.37. The molecule has 0 amide bonds. The van der Waals surface area contributed by atoms with E-state index in [0.29, 0.717) is 26.4 Å². The van der Waals surface area contributed by atoms with Crippen molar-refractivity contribution in [3.05, 3.63) is 0 Å². The van der Waals surface area contributed by atoms with Gasteiger partial charge in [0.05, 0.1) is 54.2 Å². The lowest BCUT2D eigenvalue weighted by atomic mass is 10.0. The largest absolute Gasteiger partial charge is 0.379 e. The van der Waals surface area contributed by atoms with E-state index in [-0.39, 0.29) is 6.10 Å². The van der Waals surface area contributed by atoms with Gasteiger partial charge >= 0.3 is 0 Å². The number of quaternary nitrogens is 1. The molecule has 1 unspecified atom stereocenters. The number of unbranched alkanes of at least 4 members (excludes halogenated alkanes) is 15. The first-order valence-electron chi connectivity index (χ1n) is 15.6.